The molecule has 0 spiro atoms. The molecule has 0 bridgehead atoms. The molecule has 140 valence electrons. The monoisotopic (exact) mass is 388 g/mol. The Balaban J connectivity index is 1.70. The van der Waals surface area contributed by atoms with Crippen molar-refractivity contribution in [3.63, 3.8) is 0 Å². The maximum Gasteiger partial charge on any atom is 0.260 e. The molecule has 1 heterocycles. The average molecular weight is 388 g/mol. The lowest BCUT2D eigenvalue weighted by Crippen LogP contribution is -2.14. The molecule has 4 rings (SSSR count). The number of nitrogens with zero attached hydrogens (tertiary/aromatic N) is 1. The van der Waals surface area contributed by atoms with Gasteiger partial charge in [0.25, 0.3) is 5.91 Å². The Labute approximate surface area is 167 Å². The molecule has 0 unspecified atom stereocenters. The summed E-state index contributed by atoms with van der Waals surface area (Å²) >= 11 is 1.61. The number of benzene rings is 3. The zero-order valence-electron chi connectivity index (χ0n) is 15.7. The van der Waals surface area contributed by atoms with Crippen molar-refractivity contribution < 1.29 is 9.53 Å². The average Bonchev–Trinajstić information content (AvgIpc) is 3.14. The highest BCUT2D eigenvalue weighted by Gasteiger charge is 2.17. The van der Waals surface area contributed by atoms with Crippen LogP contribution in [0, 0.1) is 6.92 Å². The quantitative estimate of drug-likeness (QED) is 0.461. The second-order valence-corrected chi connectivity index (χ2v) is 7.44. The minimum absolute atomic E-state index is 0.188. The minimum Gasteiger partial charge on any atom is -0.493 e. The van der Waals surface area contributed by atoms with E-state index in [1.54, 1.807) is 11.3 Å². The van der Waals surface area contributed by atoms with Crippen molar-refractivity contribution in [2.24, 2.45) is 0 Å². The summed E-state index contributed by atoms with van der Waals surface area (Å²) in [6.07, 6.45) is 0. The third-order valence-corrected chi connectivity index (χ3v) is 5.23. The van der Waals surface area contributed by atoms with E-state index in [0.717, 1.165) is 32.7 Å². The normalized spacial score (nSPS) is 10.8. The van der Waals surface area contributed by atoms with Crippen molar-refractivity contribution in [2.75, 3.05) is 11.9 Å². The molecule has 0 aliphatic heterocycles. The fourth-order valence-electron chi connectivity index (χ4n) is 3.21. The lowest BCUT2D eigenvalue weighted by atomic mass is 10.0. The number of thiazole rings is 1. The van der Waals surface area contributed by atoms with Crippen molar-refractivity contribution in [3.05, 3.63) is 76.6 Å². The third-order valence-electron chi connectivity index (χ3n) is 4.45. The van der Waals surface area contributed by atoms with E-state index in [4.69, 9.17) is 4.74 Å². The van der Waals surface area contributed by atoms with Gasteiger partial charge in [0.05, 0.1) is 22.9 Å². The first kappa shape index (κ1) is 18.2. The van der Waals surface area contributed by atoms with Crippen LogP contribution in [-0.2, 0) is 0 Å². The van der Waals surface area contributed by atoms with Crippen LogP contribution >= 0.6 is 11.3 Å². The highest BCUT2D eigenvalue weighted by molar-refractivity contribution is 7.09. The van der Waals surface area contributed by atoms with Gasteiger partial charge in [-0.2, -0.15) is 0 Å². The summed E-state index contributed by atoms with van der Waals surface area (Å²) in [4.78, 5) is 17.7. The third kappa shape index (κ3) is 3.62. The predicted molar refractivity (Wildman–Crippen MR) is 115 cm³/mol. The van der Waals surface area contributed by atoms with Crippen LogP contribution in [0.5, 0.6) is 5.75 Å². The van der Waals surface area contributed by atoms with E-state index in [1.807, 2.05) is 79.9 Å². The highest BCUT2D eigenvalue weighted by Crippen LogP contribution is 2.30. The molecule has 28 heavy (non-hydrogen) atoms. The molecule has 4 nitrogen and oxygen atoms in total. The number of rotatable bonds is 5. The summed E-state index contributed by atoms with van der Waals surface area (Å²) in [5, 5.41) is 7.94. The second kappa shape index (κ2) is 7.82. The standard InChI is InChI=1S/C23H20N2O2S/c1-3-27-21-12-11-16-7-4-5-10-19(16)22(21)23(26)25-18-9-6-8-17(13-18)20-14-28-15(2)24-20/h4-14H,3H2,1-2H3,(H,25,26). The molecule has 3 aromatic carbocycles. The Bertz CT molecular complexity index is 1150. The number of hydrogen-bond acceptors (Lipinski definition) is 4. The molecule has 0 aliphatic rings. The van der Waals surface area contributed by atoms with Crippen molar-refractivity contribution >= 4 is 33.7 Å². The molecule has 0 fully saturated rings. The molecule has 1 aromatic heterocycles. The number of aromatic nitrogens is 1. The topological polar surface area (TPSA) is 51.2 Å². The van der Waals surface area contributed by atoms with Gasteiger partial charge < -0.3 is 10.1 Å². The molecule has 0 saturated heterocycles. The summed E-state index contributed by atoms with van der Waals surface area (Å²) in [5.74, 6) is 0.400. The number of hydrogen-bond donors (Lipinski definition) is 1. The van der Waals surface area contributed by atoms with Gasteiger partial charge in [-0.1, -0.05) is 42.5 Å². The first-order valence-corrected chi connectivity index (χ1v) is 10.0. The number of amides is 1. The van der Waals surface area contributed by atoms with Gasteiger partial charge in [-0.25, -0.2) is 4.98 Å². The van der Waals surface area contributed by atoms with Gasteiger partial charge in [0.2, 0.25) is 0 Å². The molecule has 1 N–H and O–H groups in total. The van der Waals surface area contributed by atoms with E-state index < -0.39 is 0 Å². The molecule has 0 saturated carbocycles. The number of anilines is 1. The van der Waals surface area contributed by atoms with E-state index in [0.29, 0.717) is 17.9 Å². The number of ether oxygens (including phenoxy) is 1. The van der Waals surface area contributed by atoms with Gasteiger partial charge in [0, 0.05) is 16.6 Å². The van der Waals surface area contributed by atoms with Gasteiger partial charge in [-0.05, 0) is 42.8 Å². The van der Waals surface area contributed by atoms with E-state index in [1.165, 1.54) is 0 Å². The van der Waals surface area contributed by atoms with Crippen LogP contribution in [0.1, 0.15) is 22.3 Å². The van der Waals surface area contributed by atoms with E-state index in [-0.39, 0.29) is 5.91 Å². The second-order valence-electron chi connectivity index (χ2n) is 6.38. The van der Waals surface area contributed by atoms with Crippen LogP contribution < -0.4 is 10.1 Å². The Morgan fingerprint density at radius 3 is 2.75 bits per heavy atom. The number of carbonyl (C=O) groups is 1. The van der Waals surface area contributed by atoms with Gasteiger partial charge >= 0.3 is 0 Å². The number of fused-ring (bicyclic) bond motifs is 1. The van der Waals surface area contributed by atoms with Crippen LogP contribution in [0.2, 0.25) is 0 Å². The Hall–Kier alpha value is -3.18. The summed E-state index contributed by atoms with van der Waals surface area (Å²) in [6.45, 7) is 4.39. The molecule has 0 atom stereocenters. The van der Waals surface area contributed by atoms with Crippen molar-refractivity contribution in [2.45, 2.75) is 13.8 Å². The summed E-state index contributed by atoms with van der Waals surface area (Å²) < 4.78 is 5.73. The van der Waals surface area contributed by atoms with Crippen LogP contribution in [-0.4, -0.2) is 17.5 Å². The smallest absolute Gasteiger partial charge is 0.260 e. The predicted octanol–water partition coefficient (Wildman–Crippen LogP) is 5.92. The molecule has 1 amide bonds. The maximum atomic E-state index is 13.2. The van der Waals surface area contributed by atoms with Crippen LogP contribution in [0.25, 0.3) is 22.0 Å². The van der Waals surface area contributed by atoms with E-state index >= 15 is 0 Å². The largest absolute Gasteiger partial charge is 0.493 e. The first-order chi connectivity index (χ1) is 13.7. The van der Waals surface area contributed by atoms with Crippen LogP contribution in [0.4, 0.5) is 5.69 Å². The first-order valence-electron chi connectivity index (χ1n) is 9.14. The fourth-order valence-corrected chi connectivity index (χ4v) is 3.83. The van der Waals surface area contributed by atoms with E-state index in [2.05, 4.69) is 10.3 Å². The van der Waals surface area contributed by atoms with Gasteiger partial charge in [-0.3, -0.25) is 4.79 Å². The zero-order valence-corrected chi connectivity index (χ0v) is 16.5. The van der Waals surface area contributed by atoms with Gasteiger partial charge in [-0.15, -0.1) is 11.3 Å². The molecule has 0 aliphatic carbocycles. The Kier molecular flexibility index (Phi) is 5.08. The SMILES string of the molecule is CCOc1ccc2ccccc2c1C(=O)Nc1cccc(-c2csc(C)n2)c1. The fraction of sp³-hybridized carbons (Fsp3) is 0.130. The summed E-state index contributed by atoms with van der Waals surface area (Å²) in [5.41, 5.74) is 3.17. The summed E-state index contributed by atoms with van der Waals surface area (Å²) in [7, 11) is 0. The molecule has 0 radical (unpaired) electrons. The Morgan fingerprint density at radius 2 is 1.96 bits per heavy atom. The van der Waals surface area contributed by atoms with Crippen molar-refractivity contribution in [3.8, 4) is 17.0 Å². The minimum atomic E-state index is -0.188. The number of nitrogens with one attached hydrogen (secondary N) is 1. The molecule has 5 heteroatoms. The lowest BCUT2D eigenvalue weighted by Gasteiger charge is -2.14. The van der Waals surface area contributed by atoms with Crippen molar-refractivity contribution in [1.82, 2.24) is 4.98 Å². The zero-order chi connectivity index (χ0) is 19.5. The molecular formula is C23H20N2O2S. The van der Waals surface area contributed by atoms with Crippen molar-refractivity contribution in [1.29, 1.82) is 0 Å². The number of aryl methyl sites for hydroxylation is 1. The van der Waals surface area contributed by atoms with Gasteiger partial charge in [0.15, 0.2) is 0 Å². The van der Waals surface area contributed by atoms with Gasteiger partial charge in [0.1, 0.15) is 5.75 Å². The molecule has 4 aromatic rings. The summed E-state index contributed by atoms with van der Waals surface area (Å²) in [6, 6.07) is 19.4. The maximum absolute atomic E-state index is 13.2. The highest BCUT2D eigenvalue weighted by atomic mass is 32.1. The van der Waals surface area contributed by atoms with Crippen LogP contribution in [0.3, 0.4) is 0 Å². The molecular weight excluding hydrogens is 368 g/mol. The van der Waals surface area contributed by atoms with E-state index in [9.17, 15) is 4.79 Å². The number of carbonyl (C=O) groups excluding carboxylic acids is 1. The Morgan fingerprint density at radius 1 is 1.11 bits per heavy atom. The van der Waals surface area contributed by atoms with Crippen LogP contribution in [0.15, 0.2) is 66.0 Å². The lowest BCUT2D eigenvalue weighted by molar-refractivity contribution is 0.102.